The third kappa shape index (κ3) is 3.71. The second kappa shape index (κ2) is 6.67. The molecule has 0 saturated carbocycles. The lowest BCUT2D eigenvalue weighted by molar-refractivity contribution is 0.0597. The van der Waals surface area contributed by atoms with Gasteiger partial charge in [0.05, 0.1) is 16.9 Å². The Morgan fingerprint density at radius 2 is 1.84 bits per heavy atom. The molecular weight excluding hydrogens is 468 g/mol. The molecule has 1 aliphatic rings. The summed E-state index contributed by atoms with van der Waals surface area (Å²) in [6.07, 6.45) is -0.503. The highest BCUT2D eigenvalue weighted by Crippen LogP contribution is 2.51. The topological polar surface area (TPSA) is 53.3 Å². The van der Waals surface area contributed by atoms with E-state index in [1.54, 1.807) is 6.07 Å². The molecule has 1 aliphatic heterocycles. The maximum Gasteiger partial charge on any atom is 0.419 e. The van der Waals surface area contributed by atoms with Crippen LogP contribution < -0.4 is 4.90 Å². The number of fused-ring (bicyclic) bond motifs is 2. The Hall–Kier alpha value is -1.49. The summed E-state index contributed by atoms with van der Waals surface area (Å²) in [4.78, 5) is 16.2. The maximum atomic E-state index is 12.9. The van der Waals surface area contributed by atoms with Crippen LogP contribution in [0.1, 0.15) is 26.3 Å². The molecule has 1 heterocycles. The molecule has 1 amide bonds. The molecule has 3 rings (SSSR count). The highest BCUT2D eigenvalue weighted by Gasteiger charge is 2.34. The molecule has 0 atom stereocenters. The van der Waals surface area contributed by atoms with Crippen LogP contribution in [0.3, 0.4) is 0 Å². The van der Waals surface area contributed by atoms with E-state index in [1.807, 2.05) is 45.0 Å². The zero-order valence-corrected chi connectivity index (χ0v) is 17.8. The van der Waals surface area contributed by atoms with Gasteiger partial charge in [0.25, 0.3) is 0 Å². The van der Waals surface area contributed by atoms with Crippen molar-refractivity contribution in [3.05, 3.63) is 44.8 Å². The molecule has 0 radical (unpaired) electrons. The minimum atomic E-state index is -0.639. The minimum absolute atomic E-state index is 0.413. The highest BCUT2D eigenvalue weighted by molar-refractivity contribution is 9.10. The van der Waals surface area contributed by atoms with E-state index < -0.39 is 11.7 Å². The second-order valence-electron chi connectivity index (χ2n) is 6.44. The predicted octanol–water partition coefficient (Wildman–Crippen LogP) is 6.62. The minimum Gasteiger partial charge on any atom is -0.443 e. The number of hydrogen-bond acceptors (Lipinski definition) is 4. The van der Waals surface area contributed by atoms with Crippen molar-refractivity contribution in [3.63, 3.8) is 0 Å². The summed E-state index contributed by atoms with van der Waals surface area (Å²) < 4.78 is 7.30. The van der Waals surface area contributed by atoms with Crippen LogP contribution in [0.25, 0.3) is 0 Å². The zero-order chi connectivity index (χ0) is 18.4. The van der Waals surface area contributed by atoms with E-state index in [0.29, 0.717) is 16.9 Å². The number of benzene rings is 2. The van der Waals surface area contributed by atoms with Gasteiger partial charge in [-0.15, -0.1) is 0 Å². The summed E-state index contributed by atoms with van der Waals surface area (Å²) in [5, 5.41) is 9.58. The van der Waals surface area contributed by atoms with Gasteiger partial charge in [-0.05, 0) is 51.1 Å². The molecule has 128 valence electrons. The lowest BCUT2D eigenvalue weighted by Crippen LogP contribution is -2.35. The van der Waals surface area contributed by atoms with Crippen molar-refractivity contribution in [2.75, 3.05) is 4.90 Å². The Labute approximate surface area is 167 Å². The SMILES string of the molecule is CC(C)(C)OC(=O)N1c2ccc(Br)cc2Sc2cc(Br)cc(C#N)c21. The molecule has 0 N–H and O–H groups in total. The molecule has 25 heavy (non-hydrogen) atoms. The monoisotopic (exact) mass is 480 g/mol. The van der Waals surface area contributed by atoms with E-state index in [0.717, 1.165) is 18.7 Å². The van der Waals surface area contributed by atoms with Crippen molar-refractivity contribution in [2.24, 2.45) is 0 Å². The molecule has 2 aromatic carbocycles. The number of carbonyl (C=O) groups excluding carboxylic acids is 1. The number of hydrogen-bond donors (Lipinski definition) is 0. The van der Waals surface area contributed by atoms with Gasteiger partial charge in [0.2, 0.25) is 0 Å². The first kappa shape index (κ1) is 18.3. The number of nitriles is 1. The van der Waals surface area contributed by atoms with Crippen LogP contribution in [-0.4, -0.2) is 11.7 Å². The van der Waals surface area contributed by atoms with Crippen molar-refractivity contribution in [1.82, 2.24) is 0 Å². The van der Waals surface area contributed by atoms with Crippen molar-refractivity contribution >= 4 is 61.1 Å². The average Bonchev–Trinajstić information content (AvgIpc) is 2.49. The number of amides is 1. The fraction of sp³-hybridized carbons (Fsp3) is 0.222. The second-order valence-corrected chi connectivity index (χ2v) is 9.36. The van der Waals surface area contributed by atoms with Crippen LogP contribution in [0, 0.1) is 11.3 Å². The van der Waals surface area contributed by atoms with Crippen LogP contribution in [0.15, 0.2) is 49.1 Å². The Bertz CT molecular complexity index is 917. The van der Waals surface area contributed by atoms with E-state index in [9.17, 15) is 10.1 Å². The average molecular weight is 482 g/mol. The molecule has 0 spiro atoms. The molecule has 0 unspecified atom stereocenters. The van der Waals surface area contributed by atoms with Gasteiger partial charge < -0.3 is 4.74 Å². The largest absolute Gasteiger partial charge is 0.443 e. The molecule has 0 bridgehead atoms. The maximum absolute atomic E-state index is 12.9. The highest BCUT2D eigenvalue weighted by atomic mass is 79.9. The van der Waals surface area contributed by atoms with Gasteiger partial charge in [-0.1, -0.05) is 43.6 Å². The van der Waals surface area contributed by atoms with Crippen molar-refractivity contribution in [3.8, 4) is 6.07 Å². The standard InChI is InChI=1S/C18H14Br2N2O2S/c1-18(2,3)24-17(23)22-13-5-4-11(19)7-14(13)25-15-8-12(20)6-10(9-21)16(15)22/h4-8H,1-3H3. The first-order valence-electron chi connectivity index (χ1n) is 7.44. The Morgan fingerprint density at radius 3 is 2.48 bits per heavy atom. The van der Waals surface area contributed by atoms with Gasteiger partial charge in [0, 0.05) is 18.7 Å². The third-order valence-electron chi connectivity index (χ3n) is 3.34. The molecule has 0 aromatic heterocycles. The van der Waals surface area contributed by atoms with Gasteiger partial charge in [-0.25, -0.2) is 9.69 Å². The summed E-state index contributed by atoms with van der Waals surface area (Å²) in [6, 6.07) is 11.5. The van der Waals surface area contributed by atoms with Crippen molar-refractivity contribution in [1.29, 1.82) is 5.26 Å². The van der Waals surface area contributed by atoms with E-state index in [-0.39, 0.29) is 0 Å². The molecule has 0 aliphatic carbocycles. The Morgan fingerprint density at radius 1 is 1.16 bits per heavy atom. The van der Waals surface area contributed by atoms with Crippen LogP contribution in [0.2, 0.25) is 0 Å². The van der Waals surface area contributed by atoms with Crippen LogP contribution in [0.4, 0.5) is 16.2 Å². The van der Waals surface area contributed by atoms with Gasteiger partial charge in [-0.2, -0.15) is 5.26 Å². The number of ether oxygens (including phenoxy) is 1. The molecule has 2 aromatic rings. The Kier molecular flexibility index (Phi) is 4.89. The summed E-state index contributed by atoms with van der Waals surface area (Å²) in [5.74, 6) is 0. The fourth-order valence-corrected chi connectivity index (χ4v) is 4.75. The molecule has 4 nitrogen and oxygen atoms in total. The first-order valence-corrected chi connectivity index (χ1v) is 9.84. The predicted molar refractivity (Wildman–Crippen MR) is 105 cm³/mol. The quantitative estimate of drug-likeness (QED) is 0.424. The smallest absolute Gasteiger partial charge is 0.419 e. The number of nitrogens with zero attached hydrogens (tertiary/aromatic N) is 2. The fourth-order valence-electron chi connectivity index (χ4n) is 2.46. The van der Waals surface area contributed by atoms with E-state index >= 15 is 0 Å². The normalized spacial score (nSPS) is 12.9. The number of halogens is 2. The molecule has 0 fully saturated rings. The summed E-state index contributed by atoms with van der Waals surface area (Å²) >= 11 is 8.42. The third-order valence-corrected chi connectivity index (χ3v) is 5.37. The zero-order valence-electron chi connectivity index (χ0n) is 13.8. The van der Waals surface area contributed by atoms with Crippen LogP contribution in [-0.2, 0) is 4.74 Å². The lowest BCUT2D eigenvalue weighted by Gasteiger charge is -2.33. The first-order chi connectivity index (χ1) is 11.7. The van der Waals surface area contributed by atoms with Gasteiger partial charge >= 0.3 is 6.09 Å². The van der Waals surface area contributed by atoms with Crippen LogP contribution >= 0.6 is 43.6 Å². The molecular formula is C18H14Br2N2O2S. The number of carbonyl (C=O) groups is 1. The molecule has 7 heteroatoms. The molecule has 0 saturated heterocycles. The summed E-state index contributed by atoms with van der Waals surface area (Å²) in [7, 11) is 0. The van der Waals surface area contributed by atoms with Gasteiger partial charge in [-0.3, -0.25) is 0 Å². The number of rotatable bonds is 0. The van der Waals surface area contributed by atoms with E-state index in [2.05, 4.69) is 37.9 Å². The van der Waals surface area contributed by atoms with Gasteiger partial charge in [0.1, 0.15) is 11.7 Å². The number of anilines is 2. The van der Waals surface area contributed by atoms with E-state index in [4.69, 9.17) is 4.74 Å². The van der Waals surface area contributed by atoms with E-state index in [1.165, 1.54) is 16.7 Å². The Balaban J connectivity index is 2.23. The summed E-state index contributed by atoms with van der Waals surface area (Å²) in [6.45, 7) is 5.46. The van der Waals surface area contributed by atoms with Gasteiger partial charge in [0.15, 0.2) is 0 Å². The van der Waals surface area contributed by atoms with Crippen LogP contribution in [0.5, 0.6) is 0 Å². The van der Waals surface area contributed by atoms with Crippen molar-refractivity contribution < 1.29 is 9.53 Å². The summed E-state index contributed by atoms with van der Waals surface area (Å²) in [5.41, 5.74) is 1.03. The van der Waals surface area contributed by atoms with Crippen molar-refractivity contribution in [2.45, 2.75) is 36.2 Å². The lowest BCUT2D eigenvalue weighted by atomic mass is 10.1.